The first-order valence-electron chi connectivity index (χ1n) is 8.51. The minimum absolute atomic E-state index is 0.0530. The number of nitrogens with zero attached hydrogens (tertiary/aromatic N) is 1. The Balaban J connectivity index is 1.67. The number of carbonyl (C=O) groups is 1. The molecule has 0 saturated carbocycles. The Morgan fingerprint density at radius 1 is 1.36 bits per heavy atom. The molecule has 7 heteroatoms. The van der Waals surface area contributed by atoms with Gasteiger partial charge in [-0.25, -0.2) is 4.79 Å². The average Bonchev–Trinajstić information content (AvgIpc) is 2.53. The number of ether oxygens (including phenoxy) is 1. The number of amides is 1. The summed E-state index contributed by atoms with van der Waals surface area (Å²) in [6.45, 7) is 4.66. The van der Waals surface area contributed by atoms with Crippen LogP contribution < -0.4 is 16.6 Å². The van der Waals surface area contributed by atoms with Crippen molar-refractivity contribution in [2.24, 2.45) is 0 Å². The standard InChI is InChI=1S/C18H23N3O4/c1-18(2)11-12(8-10-25-18)19-15(22)7-9-21-16(23)13-5-3-4-6-14(13)20-17(21)24/h3-6,12H,7-11H2,1-2H3,(H,19,22)(H,20,24)/t12-/m1/s1. The van der Waals surface area contributed by atoms with E-state index < -0.39 is 5.69 Å². The summed E-state index contributed by atoms with van der Waals surface area (Å²) in [6.07, 6.45) is 1.60. The summed E-state index contributed by atoms with van der Waals surface area (Å²) in [5, 5.41) is 3.41. The number of fused-ring (bicyclic) bond motifs is 1. The molecule has 1 atom stereocenters. The summed E-state index contributed by atoms with van der Waals surface area (Å²) in [6, 6.07) is 6.90. The first kappa shape index (κ1) is 17.4. The SMILES string of the molecule is CC1(C)C[C@H](NC(=O)CCn2c(=O)[nH]c3ccccc3c2=O)CCO1. The van der Waals surface area contributed by atoms with Crippen LogP contribution in [0.3, 0.4) is 0 Å². The van der Waals surface area contributed by atoms with Crippen molar-refractivity contribution in [2.75, 3.05) is 6.61 Å². The Bertz CT molecular complexity index is 897. The molecule has 3 rings (SSSR count). The van der Waals surface area contributed by atoms with E-state index in [-0.39, 0.29) is 36.1 Å². The van der Waals surface area contributed by atoms with Gasteiger partial charge in [0.1, 0.15) is 0 Å². The average molecular weight is 345 g/mol. The van der Waals surface area contributed by atoms with Crippen molar-refractivity contribution in [1.29, 1.82) is 0 Å². The van der Waals surface area contributed by atoms with Crippen LogP contribution in [0.5, 0.6) is 0 Å². The van der Waals surface area contributed by atoms with Crippen LogP contribution in [0.1, 0.15) is 33.1 Å². The third-order valence-electron chi connectivity index (χ3n) is 4.51. The largest absolute Gasteiger partial charge is 0.375 e. The van der Waals surface area contributed by atoms with Crippen LogP contribution in [0.2, 0.25) is 0 Å². The van der Waals surface area contributed by atoms with E-state index in [1.807, 2.05) is 13.8 Å². The monoisotopic (exact) mass is 345 g/mol. The third-order valence-corrected chi connectivity index (χ3v) is 4.51. The molecule has 2 heterocycles. The molecule has 0 aliphatic carbocycles. The summed E-state index contributed by atoms with van der Waals surface area (Å²) < 4.78 is 6.72. The zero-order chi connectivity index (χ0) is 18.0. The van der Waals surface area contributed by atoms with E-state index in [4.69, 9.17) is 4.74 Å². The Hall–Kier alpha value is -2.41. The van der Waals surface area contributed by atoms with Gasteiger partial charge >= 0.3 is 5.69 Å². The maximum atomic E-state index is 12.4. The highest BCUT2D eigenvalue weighted by molar-refractivity contribution is 5.77. The van der Waals surface area contributed by atoms with Gasteiger partial charge in [0.15, 0.2) is 0 Å². The van der Waals surface area contributed by atoms with Crippen LogP contribution in [0, 0.1) is 0 Å². The second-order valence-electron chi connectivity index (χ2n) is 7.05. The molecule has 0 unspecified atom stereocenters. The molecule has 1 aliphatic rings. The van der Waals surface area contributed by atoms with Crippen LogP contribution in [-0.4, -0.2) is 33.7 Å². The van der Waals surface area contributed by atoms with Crippen molar-refractivity contribution in [3.63, 3.8) is 0 Å². The maximum absolute atomic E-state index is 12.4. The van der Waals surface area contributed by atoms with Crippen LogP contribution in [0.15, 0.2) is 33.9 Å². The van der Waals surface area contributed by atoms with Gasteiger partial charge in [-0.1, -0.05) is 12.1 Å². The van der Waals surface area contributed by atoms with Crippen LogP contribution in [0.25, 0.3) is 10.9 Å². The van der Waals surface area contributed by atoms with Gasteiger partial charge < -0.3 is 15.0 Å². The van der Waals surface area contributed by atoms with Crippen molar-refractivity contribution in [1.82, 2.24) is 14.9 Å². The summed E-state index contributed by atoms with van der Waals surface area (Å²) in [5.41, 5.74) is -0.617. The number of H-pyrrole nitrogens is 1. The number of hydrogen-bond acceptors (Lipinski definition) is 4. The van der Waals surface area contributed by atoms with Gasteiger partial charge in [-0.15, -0.1) is 0 Å². The molecular weight excluding hydrogens is 322 g/mol. The molecule has 0 spiro atoms. The molecule has 25 heavy (non-hydrogen) atoms. The number of para-hydroxylation sites is 1. The van der Waals surface area contributed by atoms with E-state index in [2.05, 4.69) is 10.3 Å². The van der Waals surface area contributed by atoms with Crippen LogP contribution in [-0.2, 0) is 16.1 Å². The minimum atomic E-state index is -0.497. The minimum Gasteiger partial charge on any atom is -0.375 e. The van der Waals surface area contributed by atoms with Gasteiger partial charge in [-0.05, 0) is 38.8 Å². The van der Waals surface area contributed by atoms with Gasteiger partial charge in [0.05, 0.1) is 16.5 Å². The lowest BCUT2D eigenvalue weighted by molar-refractivity contribution is -0.124. The number of aromatic amines is 1. The normalized spacial score (nSPS) is 19.7. The van der Waals surface area contributed by atoms with Crippen LogP contribution >= 0.6 is 0 Å². The fourth-order valence-corrected chi connectivity index (χ4v) is 3.27. The molecule has 134 valence electrons. The van der Waals surface area contributed by atoms with Gasteiger partial charge in [0.2, 0.25) is 5.91 Å². The molecule has 2 N–H and O–H groups in total. The summed E-state index contributed by atoms with van der Waals surface area (Å²) >= 11 is 0. The van der Waals surface area contributed by atoms with E-state index in [1.54, 1.807) is 24.3 Å². The second kappa shape index (κ2) is 6.84. The number of carbonyl (C=O) groups excluding carboxylic acids is 1. The lowest BCUT2D eigenvalue weighted by Gasteiger charge is -2.35. The number of hydrogen-bond donors (Lipinski definition) is 2. The van der Waals surface area contributed by atoms with Crippen molar-refractivity contribution < 1.29 is 9.53 Å². The molecule has 1 aromatic heterocycles. The van der Waals surface area contributed by atoms with Crippen molar-refractivity contribution >= 4 is 16.8 Å². The van der Waals surface area contributed by atoms with Gasteiger partial charge in [0.25, 0.3) is 5.56 Å². The quantitative estimate of drug-likeness (QED) is 0.869. The highest BCUT2D eigenvalue weighted by Gasteiger charge is 2.29. The molecule has 0 bridgehead atoms. The molecule has 1 amide bonds. The molecule has 7 nitrogen and oxygen atoms in total. The van der Waals surface area contributed by atoms with E-state index in [0.717, 1.165) is 17.4 Å². The smallest absolute Gasteiger partial charge is 0.328 e. The zero-order valence-electron chi connectivity index (χ0n) is 14.5. The Morgan fingerprint density at radius 3 is 2.88 bits per heavy atom. The summed E-state index contributed by atoms with van der Waals surface area (Å²) in [5.74, 6) is -0.165. The molecule has 1 saturated heterocycles. The van der Waals surface area contributed by atoms with E-state index >= 15 is 0 Å². The van der Waals surface area contributed by atoms with Gasteiger partial charge in [-0.2, -0.15) is 0 Å². The molecule has 0 radical (unpaired) electrons. The second-order valence-corrected chi connectivity index (χ2v) is 7.05. The lowest BCUT2D eigenvalue weighted by atomic mass is 9.94. The first-order chi connectivity index (χ1) is 11.9. The predicted octanol–water partition coefficient (Wildman–Crippen LogP) is 1.15. The number of aromatic nitrogens is 2. The number of nitrogens with one attached hydrogen (secondary N) is 2. The summed E-state index contributed by atoms with van der Waals surface area (Å²) in [4.78, 5) is 39.4. The fourth-order valence-electron chi connectivity index (χ4n) is 3.27. The first-order valence-corrected chi connectivity index (χ1v) is 8.51. The van der Waals surface area contributed by atoms with Gasteiger partial charge in [-0.3, -0.25) is 14.2 Å². The summed E-state index contributed by atoms with van der Waals surface area (Å²) in [7, 11) is 0. The van der Waals surface area contributed by atoms with Crippen molar-refractivity contribution in [3.8, 4) is 0 Å². The molecular formula is C18H23N3O4. The number of benzene rings is 1. The molecule has 1 aromatic carbocycles. The van der Waals surface area contributed by atoms with E-state index in [0.29, 0.717) is 17.5 Å². The highest BCUT2D eigenvalue weighted by Crippen LogP contribution is 2.23. The lowest BCUT2D eigenvalue weighted by Crippen LogP contribution is -2.46. The number of rotatable bonds is 4. The van der Waals surface area contributed by atoms with E-state index in [1.165, 1.54) is 0 Å². The van der Waals surface area contributed by atoms with Gasteiger partial charge in [0, 0.05) is 25.6 Å². The van der Waals surface area contributed by atoms with Crippen molar-refractivity contribution in [2.45, 2.75) is 51.3 Å². The van der Waals surface area contributed by atoms with E-state index in [9.17, 15) is 14.4 Å². The Morgan fingerprint density at radius 2 is 2.12 bits per heavy atom. The highest BCUT2D eigenvalue weighted by atomic mass is 16.5. The Labute approximate surface area is 145 Å². The third kappa shape index (κ3) is 3.99. The fraction of sp³-hybridized carbons (Fsp3) is 0.500. The predicted molar refractivity (Wildman–Crippen MR) is 94.6 cm³/mol. The topological polar surface area (TPSA) is 93.2 Å². The zero-order valence-corrected chi connectivity index (χ0v) is 14.5. The molecule has 1 aliphatic heterocycles. The van der Waals surface area contributed by atoms with Crippen LogP contribution in [0.4, 0.5) is 0 Å². The van der Waals surface area contributed by atoms with Crippen molar-refractivity contribution in [3.05, 3.63) is 45.1 Å². The Kier molecular flexibility index (Phi) is 4.76. The molecule has 1 fully saturated rings. The molecule has 2 aromatic rings. The maximum Gasteiger partial charge on any atom is 0.328 e.